The average Bonchev–Trinajstić information content (AvgIpc) is 3.74. The van der Waals surface area contributed by atoms with Crippen molar-refractivity contribution in [1.82, 2.24) is 34.5 Å². The van der Waals surface area contributed by atoms with Gasteiger partial charge in [-0.25, -0.2) is 29.9 Å². The van der Waals surface area contributed by atoms with Crippen LogP contribution in [0.4, 0.5) is 5.82 Å². The van der Waals surface area contributed by atoms with E-state index in [0.717, 1.165) is 52.6 Å². The van der Waals surface area contributed by atoms with Crippen molar-refractivity contribution in [2.75, 3.05) is 11.1 Å². The highest BCUT2D eigenvalue weighted by molar-refractivity contribution is 7.99. The molecule has 0 amide bonds. The Balaban J connectivity index is 1.59. The summed E-state index contributed by atoms with van der Waals surface area (Å²) in [5.41, 5.74) is 5.36. The van der Waals surface area contributed by atoms with Gasteiger partial charge in [-0.1, -0.05) is 19.9 Å². The summed E-state index contributed by atoms with van der Waals surface area (Å²) in [6, 6.07) is 3.96. The molecule has 0 saturated heterocycles. The van der Waals surface area contributed by atoms with E-state index < -0.39 is 0 Å². The molecule has 0 aromatic carbocycles. The second kappa shape index (κ2) is 10.5. The summed E-state index contributed by atoms with van der Waals surface area (Å²) in [4.78, 5) is 41.6. The Kier molecular flexibility index (Phi) is 7.19. The van der Waals surface area contributed by atoms with E-state index in [-0.39, 0.29) is 17.4 Å². The Morgan fingerprint density at radius 2 is 1.89 bits per heavy atom. The van der Waals surface area contributed by atoms with Crippen LogP contribution in [0.25, 0.3) is 22.6 Å². The van der Waals surface area contributed by atoms with Crippen LogP contribution in [0.3, 0.4) is 0 Å². The molecule has 37 heavy (non-hydrogen) atoms. The quantitative estimate of drug-likeness (QED) is 0.299. The number of aryl methyl sites for hydroxylation is 2. The number of rotatable bonds is 9. The lowest BCUT2D eigenvalue weighted by Crippen LogP contribution is -2.29. The SMILES string of the molecule is CCSc1ccc(CNc2nc3c(C)nc(-c4c(C)ncnc4C4CC4)nc3n([C@H](C)CC)c2=O)cn1. The van der Waals surface area contributed by atoms with Gasteiger partial charge in [0.15, 0.2) is 17.3 Å². The standard InChI is InChI=1S/C27H32N8OS/c1-6-15(3)35-26-22(33-25(27(35)36)29-13-18-8-11-20(28-12-18)37-7-2)17(5)32-24(34-26)21-16(4)30-14-31-23(21)19-9-10-19/h8,11-12,14-15,19H,6-7,9-10,13H2,1-5H3,(H,29,33)/t15-/m1/s1. The van der Waals surface area contributed by atoms with Crippen LogP contribution in [0.15, 0.2) is 34.5 Å². The number of thioether (sulfide) groups is 1. The number of anilines is 1. The predicted octanol–water partition coefficient (Wildman–Crippen LogP) is 5.23. The van der Waals surface area contributed by atoms with Crippen LogP contribution in [0.5, 0.6) is 0 Å². The van der Waals surface area contributed by atoms with Gasteiger partial charge in [0.2, 0.25) is 0 Å². The first kappa shape index (κ1) is 25.3. The van der Waals surface area contributed by atoms with E-state index in [1.165, 1.54) is 0 Å². The fourth-order valence-corrected chi connectivity index (χ4v) is 5.00. The molecule has 1 saturated carbocycles. The normalized spacial score (nSPS) is 14.2. The molecule has 1 aliphatic carbocycles. The molecule has 0 unspecified atom stereocenters. The smallest absolute Gasteiger partial charge is 0.295 e. The number of fused-ring (bicyclic) bond motifs is 1. The van der Waals surface area contributed by atoms with E-state index >= 15 is 0 Å². The lowest BCUT2D eigenvalue weighted by atomic mass is 10.1. The molecule has 4 aromatic heterocycles. The molecule has 4 heterocycles. The Morgan fingerprint density at radius 1 is 1.08 bits per heavy atom. The van der Waals surface area contributed by atoms with Crippen molar-refractivity contribution in [2.45, 2.75) is 77.4 Å². The molecule has 5 rings (SSSR count). The topological polar surface area (TPSA) is 111 Å². The number of hydrogen-bond acceptors (Lipinski definition) is 9. The van der Waals surface area contributed by atoms with E-state index in [2.05, 4.69) is 34.1 Å². The molecule has 1 N–H and O–H groups in total. The third-order valence-electron chi connectivity index (χ3n) is 6.75. The van der Waals surface area contributed by atoms with Gasteiger partial charge >= 0.3 is 0 Å². The summed E-state index contributed by atoms with van der Waals surface area (Å²) in [6.45, 7) is 10.5. The van der Waals surface area contributed by atoms with Crippen molar-refractivity contribution < 1.29 is 0 Å². The second-order valence-electron chi connectivity index (χ2n) is 9.48. The number of pyridine rings is 1. The van der Waals surface area contributed by atoms with E-state index in [1.807, 2.05) is 39.1 Å². The molecule has 4 aromatic rings. The largest absolute Gasteiger partial charge is 0.361 e. The van der Waals surface area contributed by atoms with Crippen LogP contribution >= 0.6 is 11.8 Å². The fourth-order valence-electron chi connectivity index (χ4n) is 4.41. The number of nitrogens with zero attached hydrogens (tertiary/aromatic N) is 7. The zero-order valence-corrected chi connectivity index (χ0v) is 22.8. The minimum absolute atomic E-state index is 0.0660. The molecule has 10 heteroatoms. The highest BCUT2D eigenvalue weighted by atomic mass is 32.2. The van der Waals surface area contributed by atoms with Crippen LogP contribution in [0.2, 0.25) is 0 Å². The lowest BCUT2D eigenvalue weighted by molar-refractivity contribution is 0.526. The maximum Gasteiger partial charge on any atom is 0.295 e. The van der Waals surface area contributed by atoms with Gasteiger partial charge in [0, 0.05) is 24.7 Å². The lowest BCUT2D eigenvalue weighted by Gasteiger charge is -2.19. The molecule has 192 valence electrons. The van der Waals surface area contributed by atoms with Crippen LogP contribution < -0.4 is 10.9 Å². The molecule has 0 spiro atoms. The monoisotopic (exact) mass is 516 g/mol. The number of aromatic nitrogens is 7. The second-order valence-corrected chi connectivity index (χ2v) is 10.8. The predicted molar refractivity (Wildman–Crippen MR) is 147 cm³/mol. The van der Waals surface area contributed by atoms with E-state index in [0.29, 0.717) is 35.1 Å². The van der Waals surface area contributed by atoms with Gasteiger partial charge in [0.05, 0.1) is 27.7 Å². The minimum atomic E-state index is -0.194. The summed E-state index contributed by atoms with van der Waals surface area (Å²) >= 11 is 1.70. The summed E-state index contributed by atoms with van der Waals surface area (Å²) < 4.78 is 1.75. The molecule has 0 bridgehead atoms. The summed E-state index contributed by atoms with van der Waals surface area (Å²) in [5, 5.41) is 4.23. The van der Waals surface area contributed by atoms with Crippen molar-refractivity contribution >= 4 is 28.7 Å². The van der Waals surface area contributed by atoms with Crippen molar-refractivity contribution in [1.29, 1.82) is 0 Å². The minimum Gasteiger partial charge on any atom is -0.361 e. The molecule has 0 radical (unpaired) electrons. The number of hydrogen-bond donors (Lipinski definition) is 1. The zero-order valence-electron chi connectivity index (χ0n) is 21.9. The van der Waals surface area contributed by atoms with E-state index in [9.17, 15) is 4.79 Å². The van der Waals surface area contributed by atoms with Gasteiger partial charge in [0.25, 0.3) is 5.56 Å². The maximum absolute atomic E-state index is 13.7. The van der Waals surface area contributed by atoms with Crippen LogP contribution in [0.1, 0.15) is 74.6 Å². The van der Waals surface area contributed by atoms with Crippen molar-refractivity contribution in [3.8, 4) is 11.4 Å². The van der Waals surface area contributed by atoms with Crippen molar-refractivity contribution in [2.24, 2.45) is 0 Å². The van der Waals surface area contributed by atoms with Gasteiger partial charge in [0.1, 0.15) is 11.8 Å². The molecule has 1 fully saturated rings. The van der Waals surface area contributed by atoms with Gasteiger partial charge < -0.3 is 5.32 Å². The fraction of sp³-hybridized carbons (Fsp3) is 0.444. The first-order valence-electron chi connectivity index (χ1n) is 12.9. The van der Waals surface area contributed by atoms with Gasteiger partial charge in [-0.3, -0.25) is 9.36 Å². The highest BCUT2D eigenvalue weighted by Gasteiger charge is 2.30. The van der Waals surface area contributed by atoms with Crippen LogP contribution in [0, 0.1) is 13.8 Å². The molecule has 9 nitrogen and oxygen atoms in total. The van der Waals surface area contributed by atoms with Gasteiger partial charge in [-0.15, -0.1) is 11.8 Å². The van der Waals surface area contributed by atoms with Crippen molar-refractivity contribution in [3.05, 3.63) is 57.7 Å². The molecular formula is C27H32N8OS. The Labute approximate surface area is 220 Å². The van der Waals surface area contributed by atoms with Crippen LogP contribution in [-0.2, 0) is 6.54 Å². The first-order valence-corrected chi connectivity index (χ1v) is 13.8. The van der Waals surface area contributed by atoms with Crippen LogP contribution in [-0.4, -0.2) is 40.2 Å². The summed E-state index contributed by atoms with van der Waals surface area (Å²) in [6.07, 6.45) is 6.44. The summed E-state index contributed by atoms with van der Waals surface area (Å²) in [5.74, 6) is 2.24. The zero-order chi connectivity index (χ0) is 26.1. The molecule has 1 atom stereocenters. The first-order chi connectivity index (χ1) is 17.9. The maximum atomic E-state index is 13.7. The third-order valence-corrected chi connectivity index (χ3v) is 7.57. The van der Waals surface area contributed by atoms with E-state index in [4.69, 9.17) is 15.0 Å². The van der Waals surface area contributed by atoms with Gasteiger partial charge in [-0.2, -0.15) is 0 Å². The summed E-state index contributed by atoms with van der Waals surface area (Å²) in [7, 11) is 0. The Morgan fingerprint density at radius 3 is 2.57 bits per heavy atom. The van der Waals surface area contributed by atoms with E-state index in [1.54, 1.807) is 22.7 Å². The average molecular weight is 517 g/mol. The number of nitrogens with one attached hydrogen (secondary N) is 1. The Hall–Kier alpha value is -3.40. The van der Waals surface area contributed by atoms with Gasteiger partial charge in [-0.05, 0) is 57.4 Å². The third kappa shape index (κ3) is 5.07. The Bertz CT molecular complexity index is 1500. The molecule has 0 aliphatic heterocycles. The molecular weight excluding hydrogens is 484 g/mol. The van der Waals surface area contributed by atoms with Crippen molar-refractivity contribution in [3.63, 3.8) is 0 Å². The molecule has 1 aliphatic rings. The highest BCUT2D eigenvalue weighted by Crippen LogP contribution is 2.43.